The molecule has 0 amide bonds. The average Bonchev–Trinajstić information content (AvgIpc) is 3.76. The van der Waals surface area contributed by atoms with Crippen molar-refractivity contribution in [3.05, 3.63) is 119 Å². The molecule has 1 N–H and O–H groups in total. The molecular formula is C52H49BN2O2. The maximum Gasteiger partial charge on any atom is 0.333 e. The predicted molar refractivity (Wildman–Crippen MR) is 240 cm³/mol. The first kappa shape index (κ1) is 33.7. The standard InChI is InChI=1S/C52H49BN2O2/c1-49(2)21-22-50(3,4)35-25-29(17-19-34(35)49)55-40-27-37-36(51(5,6)23-24-52(37,7)8)26-33(40)45-44-32-14-10-12-16-42(32)56-43(44)28-39-46(45)53(55)38-20-18-31-30-13-9-11-15-41(30)57-48(31)47(38)54-39/h9-20,25-28,54H,21-24H2,1-8H3. The molecule has 0 spiro atoms. The van der Waals surface area contributed by atoms with Gasteiger partial charge in [-0.25, -0.2) is 0 Å². The van der Waals surface area contributed by atoms with Crippen LogP contribution in [0, 0.1) is 0 Å². The highest BCUT2D eigenvalue weighted by atomic mass is 16.3. The zero-order chi connectivity index (χ0) is 39.0. The molecule has 0 atom stereocenters. The number of hydrogen-bond donors (Lipinski definition) is 1. The fourth-order valence-corrected chi connectivity index (χ4v) is 11.4. The molecule has 0 saturated carbocycles. The second-order valence-electron chi connectivity index (χ2n) is 20.3. The summed E-state index contributed by atoms with van der Waals surface area (Å²) in [5, 5.41) is 8.64. The van der Waals surface area contributed by atoms with Gasteiger partial charge in [-0.15, -0.1) is 0 Å². The summed E-state index contributed by atoms with van der Waals surface area (Å²) in [6.07, 6.45) is 4.68. The highest BCUT2D eigenvalue weighted by Gasteiger charge is 2.48. The molecule has 4 heterocycles. The quantitative estimate of drug-likeness (QED) is 0.170. The lowest BCUT2D eigenvalue weighted by molar-refractivity contribution is 0.332. The van der Waals surface area contributed by atoms with E-state index in [9.17, 15) is 0 Å². The van der Waals surface area contributed by atoms with Crippen molar-refractivity contribution in [2.75, 3.05) is 10.1 Å². The van der Waals surface area contributed by atoms with Crippen LogP contribution in [0.3, 0.4) is 0 Å². The van der Waals surface area contributed by atoms with Crippen molar-refractivity contribution < 1.29 is 8.83 Å². The Morgan fingerprint density at radius 2 is 1.18 bits per heavy atom. The number of fused-ring (bicyclic) bond motifs is 14. The van der Waals surface area contributed by atoms with Gasteiger partial charge in [0.1, 0.15) is 16.7 Å². The number of hydrogen-bond acceptors (Lipinski definition) is 4. The van der Waals surface area contributed by atoms with Gasteiger partial charge in [0.25, 0.3) is 0 Å². The minimum absolute atomic E-state index is 0.0413. The van der Waals surface area contributed by atoms with Crippen LogP contribution >= 0.6 is 0 Å². The fourth-order valence-electron chi connectivity index (χ4n) is 11.4. The van der Waals surface area contributed by atoms with Crippen LogP contribution in [0.2, 0.25) is 0 Å². The Morgan fingerprint density at radius 3 is 1.89 bits per heavy atom. The first-order chi connectivity index (χ1) is 27.2. The first-order valence-corrected chi connectivity index (χ1v) is 21.0. The Hall–Kier alpha value is -5.42. The smallest absolute Gasteiger partial charge is 0.333 e. The van der Waals surface area contributed by atoms with Crippen molar-refractivity contribution in [1.29, 1.82) is 0 Å². The fraction of sp³-hybridized carbons (Fsp3) is 0.308. The van der Waals surface area contributed by atoms with Crippen LogP contribution < -0.4 is 21.1 Å². The lowest BCUT2D eigenvalue weighted by atomic mass is 9.43. The first-order valence-electron chi connectivity index (χ1n) is 21.0. The number of rotatable bonds is 1. The summed E-state index contributed by atoms with van der Waals surface area (Å²) in [6.45, 7) is 19.4. The molecule has 2 aliphatic heterocycles. The summed E-state index contributed by atoms with van der Waals surface area (Å²) in [4.78, 5) is 2.71. The van der Waals surface area contributed by atoms with Gasteiger partial charge in [0, 0.05) is 50.2 Å². The molecule has 2 aliphatic carbocycles. The van der Waals surface area contributed by atoms with Crippen molar-refractivity contribution in [2.24, 2.45) is 0 Å². The van der Waals surface area contributed by atoms with E-state index in [0.29, 0.717) is 0 Å². The van der Waals surface area contributed by atoms with Gasteiger partial charge < -0.3 is 19.0 Å². The van der Waals surface area contributed by atoms with Gasteiger partial charge in [0.05, 0.1) is 5.69 Å². The summed E-state index contributed by atoms with van der Waals surface area (Å²) in [5.41, 5.74) is 19.5. The van der Waals surface area contributed by atoms with Gasteiger partial charge >= 0.3 is 6.85 Å². The maximum atomic E-state index is 6.80. The lowest BCUT2D eigenvalue weighted by Crippen LogP contribution is -2.60. The molecule has 4 nitrogen and oxygen atoms in total. The van der Waals surface area contributed by atoms with Gasteiger partial charge in [-0.05, 0) is 122 Å². The van der Waals surface area contributed by atoms with E-state index >= 15 is 0 Å². The zero-order valence-corrected chi connectivity index (χ0v) is 34.4. The minimum atomic E-state index is -0.120. The Labute approximate surface area is 335 Å². The number of anilines is 4. The molecule has 282 valence electrons. The summed E-state index contributed by atoms with van der Waals surface area (Å²) < 4.78 is 13.6. The Bertz CT molecular complexity index is 3080. The number of benzene rings is 6. The van der Waals surface area contributed by atoms with Crippen molar-refractivity contribution in [3.8, 4) is 11.1 Å². The minimum Gasteiger partial charge on any atom is -0.456 e. The molecule has 0 bridgehead atoms. The van der Waals surface area contributed by atoms with E-state index in [1.165, 1.54) is 73.9 Å². The number of nitrogens with one attached hydrogen (secondary N) is 1. The molecule has 6 aromatic carbocycles. The summed E-state index contributed by atoms with van der Waals surface area (Å²) in [5.74, 6) is 0. The molecule has 0 saturated heterocycles. The number of furan rings is 2. The van der Waals surface area contributed by atoms with Gasteiger partial charge in [0.2, 0.25) is 0 Å². The van der Waals surface area contributed by atoms with Crippen LogP contribution in [-0.2, 0) is 21.7 Å². The lowest BCUT2D eigenvalue weighted by Gasteiger charge is -2.47. The molecular weight excluding hydrogens is 695 g/mol. The van der Waals surface area contributed by atoms with E-state index in [1.54, 1.807) is 0 Å². The molecule has 0 radical (unpaired) electrons. The third-order valence-corrected chi connectivity index (χ3v) is 15.0. The highest BCUT2D eigenvalue weighted by Crippen LogP contribution is 2.55. The molecule has 12 rings (SSSR count). The molecule has 8 aromatic rings. The van der Waals surface area contributed by atoms with E-state index in [0.717, 1.165) is 62.7 Å². The van der Waals surface area contributed by atoms with Crippen molar-refractivity contribution in [1.82, 2.24) is 0 Å². The summed E-state index contributed by atoms with van der Waals surface area (Å²) >= 11 is 0. The van der Waals surface area contributed by atoms with Gasteiger partial charge in [-0.2, -0.15) is 0 Å². The van der Waals surface area contributed by atoms with Crippen molar-refractivity contribution >= 4 is 84.4 Å². The Balaban J connectivity index is 1.25. The topological polar surface area (TPSA) is 41.6 Å². The summed E-state index contributed by atoms with van der Waals surface area (Å²) in [7, 11) is 0. The van der Waals surface area contributed by atoms with E-state index < -0.39 is 0 Å². The van der Waals surface area contributed by atoms with Crippen molar-refractivity contribution in [3.63, 3.8) is 0 Å². The monoisotopic (exact) mass is 744 g/mol. The van der Waals surface area contributed by atoms with Crippen molar-refractivity contribution in [2.45, 2.75) is 103 Å². The Morgan fingerprint density at radius 1 is 0.561 bits per heavy atom. The molecule has 5 heteroatoms. The molecule has 0 fully saturated rings. The van der Waals surface area contributed by atoms with Crippen LogP contribution in [0.5, 0.6) is 0 Å². The molecule has 57 heavy (non-hydrogen) atoms. The van der Waals surface area contributed by atoms with E-state index in [2.05, 4.69) is 163 Å². The van der Waals surface area contributed by atoms with E-state index in [-0.39, 0.29) is 28.5 Å². The van der Waals surface area contributed by atoms with Gasteiger partial charge in [0.15, 0.2) is 5.58 Å². The maximum absolute atomic E-state index is 6.80. The number of para-hydroxylation sites is 2. The van der Waals surface area contributed by atoms with Gasteiger partial charge in [-0.1, -0.05) is 110 Å². The second kappa shape index (κ2) is 10.7. The van der Waals surface area contributed by atoms with Crippen LogP contribution in [0.25, 0.3) is 55.0 Å². The third kappa shape index (κ3) is 4.41. The Kier molecular flexibility index (Phi) is 6.35. The molecule has 2 aromatic heterocycles. The van der Waals surface area contributed by atoms with Crippen LogP contribution in [0.1, 0.15) is 103 Å². The van der Waals surface area contributed by atoms with Crippen LogP contribution in [-0.4, -0.2) is 6.85 Å². The SMILES string of the molecule is CC1(C)CCC(C)(C)c2cc(N3B4c5ccc6c(oc7ccccc76)c5Nc5cc6oc7ccccc7c6c(c54)-c4cc5c(cc43)C(C)(C)CCC5(C)C)ccc21. The van der Waals surface area contributed by atoms with E-state index in [4.69, 9.17) is 8.83 Å². The second-order valence-corrected chi connectivity index (χ2v) is 20.3. The largest absolute Gasteiger partial charge is 0.456 e. The van der Waals surface area contributed by atoms with Gasteiger partial charge in [-0.3, -0.25) is 0 Å². The third-order valence-electron chi connectivity index (χ3n) is 15.0. The van der Waals surface area contributed by atoms with E-state index in [1.807, 2.05) is 0 Å². The van der Waals surface area contributed by atoms with Crippen LogP contribution in [0.4, 0.5) is 22.7 Å². The highest BCUT2D eigenvalue weighted by molar-refractivity contribution is 6.94. The summed E-state index contributed by atoms with van der Waals surface area (Å²) in [6, 6.07) is 36.6. The average molecular weight is 745 g/mol. The normalized spacial score (nSPS) is 19.2. The molecule has 0 unspecified atom stereocenters. The number of nitrogens with zero attached hydrogens (tertiary/aromatic N) is 1. The van der Waals surface area contributed by atoms with Crippen LogP contribution in [0.15, 0.2) is 106 Å². The molecule has 4 aliphatic rings. The predicted octanol–water partition coefficient (Wildman–Crippen LogP) is 13.2. The zero-order valence-electron chi connectivity index (χ0n) is 34.4.